The standard InChI is InChI=1S/C17H19N5O2/c23-8-7-21-11-19-13-9-12(4-5-14(13)21)17(24)20-16-10-18-15-3-1-2-6-22(15)16/h4-5,9-11,23H,1-3,6-8H2,(H,20,24). The quantitative estimate of drug-likeness (QED) is 0.766. The number of nitrogens with zero attached hydrogens (tertiary/aromatic N) is 4. The van der Waals surface area contributed by atoms with Crippen LogP contribution in [0.5, 0.6) is 0 Å². The minimum Gasteiger partial charge on any atom is -0.395 e. The van der Waals surface area contributed by atoms with E-state index in [2.05, 4.69) is 19.9 Å². The molecule has 1 aliphatic heterocycles. The van der Waals surface area contributed by atoms with Gasteiger partial charge in [-0.05, 0) is 31.0 Å². The zero-order valence-corrected chi connectivity index (χ0v) is 13.3. The minimum absolute atomic E-state index is 0.0556. The fourth-order valence-corrected chi connectivity index (χ4v) is 3.20. The van der Waals surface area contributed by atoms with Crippen molar-refractivity contribution >= 4 is 22.8 Å². The van der Waals surface area contributed by atoms with Gasteiger partial charge in [0.1, 0.15) is 11.6 Å². The molecule has 0 bridgehead atoms. The van der Waals surface area contributed by atoms with E-state index < -0.39 is 0 Å². The van der Waals surface area contributed by atoms with Crippen molar-refractivity contribution in [3.63, 3.8) is 0 Å². The van der Waals surface area contributed by atoms with Gasteiger partial charge in [-0.1, -0.05) is 0 Å². The first-order valence-corrected chi connectivity index (χ1v) is 8.18. The van der Waals surface area contributed by atoms with Crippen LogP contribution < -0.4 is 5.32 Å². The third-order valence-corrected chi connectivity index (χ3v) is 4.44. The Morgan fingerprint density at radius 2 is 2.21 bits per heavy atom. The number of aliphatic hydroxyl groups is 1. The van der Waals surface area contributed by atoms with Gasteiger partial charge in [-0.25, -0.2) is 9.97 Å². The second-order valence-corrected chi connectivity index (χ2v) is 5.99. The first kappa shape index (κ1) is 14.9. The molecular weight excluding hydrogens is 306 g/mol. The van der Waals surface area contributed by atoms with Gasteiger partial charge in [0.2, 0.25) is 0 Å². The van der Waals surface area contributed by atoms with E-state index in [0.717, 1.165) is 48.5 Å². The normalized spacial score (nSPS) is 13.9. The van der Waals surface area contributed by atoms with Gasteiger partial charge in [-0.2, -0.15) is 0 Å². The number of aliphatic hydroxyl groups excluding tert-OH is 1. The SMILES string of the molecule is O=C(Nc1cnc2n1CCCC2)c1ccc2c(c1)ncn2CCO. The maximum Gasteiger partial charge on any atom is 0.256 e. The molecule has 0 spiro atoms. The summed E-state index contributed by atoms with van der Waals surface area (Å²) in [6.07, 6.45) is 6.63. The summed E-state index contributed by atoms with van der Waals surface area (Å²) in [5.41, 5.74) is 2.21. The number of aromatic nitrogens is 4. The second kappa shape index (κ2) is 6.09. The molecule has 24 heavy (non-hydrogen) atoms. The molecule has 1 aliphatic rings. The maximum absolute atomic E-state index is 12.5. The molecular formula is C17H19N5O2. The van der Waals surface area contributed by atoms with E-state index in [1.165, 1.54) is 0 Å². The van der Waals surface area contributed by atoms with Crippen LogP contribution in [0, 0.1) is 0 Å². The van der Waals surface area contributed by atoms with Gasteiger partial charge >= 0.3 is 0 Å². The molecule has 0 unspecified atom stereocenters. The molecule has 0 saturated carbocycles. The van der Waals surface area contributed by atoms with E-state index in [4.69, 9.17) is 5.11 Å². The molecule has 0 fully saturated rings. The van der Waals surface area contributed by atoms with E-state index in [0.29, 0.717) is 12.1 Å². The smallest absolute Gasteiger partial charge is 0.256 e. The third kappa shape index (κ3) is 2.56. The number of nitrogens with one attached hydrogen (secondary N) is 1. The van der Waals surface area contributed by atoms with Gasteiger partial charge in [-0.15, -0.1) is 0 Å². The number of anilines is 1. The summed E-state index contributed by atoms with van der Waals surface area (Å²) in [5, 5.41) is 12.0. The summed E-state index contributed by atoms with van der Waals surface area (Å²) in [6.45, 7) is 1.44. The third-order valence-electron chi connectivity index (χ3n) is 4.44. The molecule has 7 nitrogen and oxygen atoms in total. The lowest BCUT2D eigenvalue weighted by molar-refractivity contribution is 0.102. The molecule has 3 heterocycles. The predicted molar refractivity (Wildman–Crippen MR) is 89.9 cm³/mol. The summed E-state index contributed by atoms with van der Waals surface area (Å²) < 4.78 is 3.94. The molecule has 7 heteroatoms. The zero-order chi connectivity index (χ0) is 16.5. The zero-order valence-electron chi connectivity index (χ0n) is 13.3. The monoisotopic (exact) mass is 325 g/mol. The van der Waals surface area contributed by atoms with Crippen molar-refractivity contribution in [2.24, 2.45) is 0 Å². The van der Waals surface area contributed by atoms with Crippen LogP contribution in [0.15, 0.2) is 30.7 Å². The largest absolute Gasteiger partial charge is 0.395 e. The van der Waals surface area contributed by atoms with E-state index in [-0.39, 0.29) is 12.5 Å². The van der Waals surface area contributed by atoms with E-state index in [1.54, 1.807) is 24.7 Å². The van der Waals surface area contributed by atoms with Gasteiger partial charge in [0.15, 0.2) is 0 Å². The van der Waals surface area contributed by atoms with Crippen LogP contribution in [-0.2, 0) is 19.5 Å². The molecule has 0 atom stereocenters. The van der Waals surface area contributed by atoms with E-state index in [9.17, 15) is 4.79 Å². The number of amides is 1. The van der Waals surface area contributed by atoms with E-state index >= 15 is 0 Å². The number of benzene rings is 1. The van der Waals surface area contributed by atoms with Crippen molar-refractivity contribution in [2.75, 3.05) is 11.9 Å². The molecule has 0 saturated heterocycles. The number of carbonyl (C=O) groups excluding carboxylic acids is 1. The molecule has 2 aromatic heterocycles. The first-order valence-electron chi connectivity index (χ1n) is 8.18. The predicted octanol–water partition coefficient (Wildman–Crippen LogP) is 1.81. The van der Waals surface area contributed by atoms with Gasteiger partial charge in [0.05, 0.1) is 30.2 Å². The van der Waals surface area contributed by atoms with Crippen molar-refractivity contribution in [2.45, 2.75) is 32.4 Å². The van der Waals surface area contributed by atoms with Gasteiger partial charge < -0.3 is 19.6 Å². The van der Waals surface area contributed by atoms with Crippen molar-refractivity contribution in [3.05, 3.63) is 42.1 Å². The Morgan fingerprint density at radius 3 is 3.08 bits per heavy atom. The molecule has 0 radical (unpaired) electrons. The molecule has 3 aromatic rings. The lowest BCUT2D eigenvalue weighted by Gasteiger charge is -2.16. The Bertz CT molecular complexity index is 896. The van der Waals surface area contributed by atoms with Crippen molar-refractivity contribution < 1.29 is 9.90 Å². The summed E-state index contributed by atoms with van der Waals surface area (Å²) in [7, 11) is 0. The Labute approximate surface area is 139 Å². The minimum atomic E-state index is -0.165. The average Bonchev–Trinajstić information content (AvgIpc) is 3.20. The highest BCUT2D eigenvalue weighted by atomic mass is 16.3. The molecule has 1 amide bonds. The van der Waals surface area contributed by atoms with Crippen LogP contribution in [0.3, 0.4) is 0 Å². The van der Waals surface area contributed by atoms with Gasteiger partial charge in [0, 0.05) is 25.1 Å². The van der Waals surface area contributed by atoms with Gasteiger partial charge in [0.25, 0.3) is 5.91 Å². The maximum atomic E-state index is 12.5. The van der Waals surface area contributed by atoms with Gasteiger partial charge in [-0.3, -0.25) is 4.79 Å². The number of fused-ring (bicyclic) bond motifs is 2. The summed E-state index contributed by atoms with van der Waals surface area (Å²) >= 11 is 0. The van der Waals surface area contributed by atoms with Crippen molar-refractivity contribution in [1.82, 2.24) is 19.1 Å². The second-order valence-electron chi connectivity index (χ2n) is 5.99. The highest BCUT2D eigenvalue weighted by Crippen LogP contribution is 2.21. The Balaban J connectivity index is 1.58. The molecule has 4 rings (SSSR count). The molecule has 124 valence electrons. The topological polar surface area (TPSA) is 85.0 Å². The number of rotatable bonds is 4. The Hall–Kier alpha value is -2.67. The van der Waals surface area contributed by atoms with Crippen LogP contribution in [0.4, 0.5) is 5.82 Å². The lowest BCUT2D eigenvalue weighted by atomic mass is 10.1. The highest BCUT2D eigenvalue weighted by Gasteiger charge is 2.16. The van der Waals surface area contributed by atoms with Crippen LogP contribution in [0.25, 0.3) is 11.0 Å². The Morgan fingerprint density at radius 1 is 1.29 bits per heavy atom. The number of imidazole rings is 2. The fraction of sp³-hybridized carbons (Fsp3) is 0.353. The summed E-state index contributed by atoms with van der Waals surface area (Å²) in [5.74, 6) is 1.62. The van der Waals surface area contributed by atoms with Crippen LogP contribution >= 0.6 is 0 Å². The van der Waals surface area contributed by atoms with E-state index in [1.807, 2.05) is 10.6 Å². The van der Waals surface area contributed by atoms with Crippen LogP contribution in [0.2, 0.25) is 0 Å². The first-order chi connectivity index (χ1) is 11.8. The van der Waals surface area contributed by atoms with Crippen LogP contribution in [-0.4, -0.2) is 36.7 Å². The lowest BCUT2D eigenvalue weighted by Crippen LogP contribution is -2.18. The number of hydrogen-bond acceptors (Lipinski definition) is 4. The average molecular weight is 325 g/mol. The highest BCUT2D eigenvalue weighted by molar-refractivity contribution is 6.05. The molecule has 1 aromatic carbocycles. The fourth-order valence-electron chi connectivity index (χ4n) is 3.20. The van der Waals surface area contributed by atoms with Crippen LogP contribution in [0.1, 0.15) is 29.0 Å². The Kier molecular flexibility index (Phi) is 3.78. The van der Waals surface area contributed by atoms with Crippen molar-refractivity contribution in [3.8, 4) is 0 Å². The summed E-state index contributed by atoms with van der Waals surface area (Å²) in [4.78, 5) is 21.2. The number of hydrogen-bond donors (Lipinski definition) is 2. The number of aryl methyl sites for hydroxylation is 1. The molecule has 2 N–H and O–H groups in total. The summed E-state index contributed by atoms with van der Waals surface area (Å²) in [6, 6.07) is 5.41. The van der Waals surface area contributed by atoms with Crippen molar-refractivity contribution in [1.29, 1.82) is 0 Å². The number of carbonyl (C=O) groups is 1. The molecule has 0 aliphatic carbocycles.